The first-order valence-corrected chi connectivity index (χ1v) is 9.62. The number of aromatic nitrogens is 4. The zero-order chi connectivity index (χ0) is 17.6. The number of imidazole rings is 1. The maximum Gasteiger partial charge on any atom is 0.202 e. The molecule has 3 heterocycles. The summed E-state index contributed by atoms with van der Waals surface area (Å²) in [6, 6.07) is 1.86. The lowest BCUT2D eigenvalue weighted by Crippen LogP contribution is -2.17. The summed E-state index contributed by atoms with van der Waals surface area (Å²) >= 11 is 5.37. The molecule has 3 aromatic heterocycles. The molecule has 0 spiro atoms. The van der Waals surface area contributed by atoms with Crippen LogP contribution in [0.15, 0.2) is 16.7 Å². The highest BCUT2D eigenvalue weighted by Gasteiger charge is 2.10. The van der Waals surface area contributed by atoms with E-state index in [9.17, 15) is 0 Å². The number of anilines is 1. The van der Waals surface area contributed by atoms with Gasteiger partial charge in [0.25, 0.3) is 0 Å². The van der Waals surface area contributed by atoms with E-state index in [2.05, 4.69) is 65.5 Å². The van der Waals surface area contributed by atoms with Crippen LogP contribution in [0.25, 0.3) is 11.2 Å². The highest BCUT2D eigenvalue weighted by molar-refractivity contribution is 9.10. The Morgan fingerprint density at radius 3 is 3.04 bits per heavy atom. The largest absolute Gasteiger partial charge is 0.356 e. The van der Waals surface area contributed by atoms with E-state index in [0.29, 0.717) is 5.65 Å². The van der Waals surface area contributed by atoms with Gasteiger partial charge < -0.3 is 15.6 Å². The molecule has 3 N–H and O–H groups in total. The average molecular weight is 419 g/mol. The SMILES string of the molecule is CC#Cc1sc(CNCCCNc2nc3nnccc3[nH]2)c(C)c1Br. The van der Waals surface area contributed by atoms with Gasteiger partial charge in [0.05, 0.1) is 16.6 Å². The lowest BCUT2D eigenvalue weighted by molar-refractivity contribution is 0.666. The first-order valence-electron chi connectivity index (χ1n) is 8.01. The summed E-state index contributed by atoms with van der Waals surface area (Å²) in [5.41, 5.74) is 2.80. The predicted octanol–water partition coefficient (Wildman–Crippen LogP) is 3.45. The van der Waals surface area contributed by atoms with Crippen LogP contribution in [-0.2, 0) is 6.54 Å². The molecular weight excluding hydrogens is 400 g/mol. The van der Waals surface area contributed by atoms with Crippen molar-refractivity contribution < 1.29 is 0 Å². The molecule has 0 atom stereocenters. The van der Waals surface area contributed by atoms with E-state index in [1.165, 1.54) is 10.4 Å². The fourth-order valence-corrected chi connectivity index (χ4v) is 4.16. The highest BCUT2D eigenvalue weighted by Crippen LogP contribution is 2.32. The molecular formula is C17H19BrN6S. The van der Waals surface area contributed by atoms with E-state index in [1.807, 2.05) is 13.0 Å². The van der Waals surface area contributed by atoms with Crippen molar-refractivity contribution in [3.8, 4) is 11.8 Å². The third-order valence-corrected chi connectivity index (χ3v) is 6.15. The van der Waals surface area contributed by atoms with Crippen molar-refractivity contribution in [2.24, 2.45) is 0 Å². The van der Waals surface area contributed by atoms with Gasteiger partial charge in [0.15, 0.2) is 0 Å². The second-order valence-corrected chi connectivity index (χ2v) is 7.38. The average Bonchev–Trinajstić information content (AvgIpc) is 3.14. The lowest BCUT2D eigenvalue weighted by atomic mass is 10.2. The van der Waals surface area contributed by atoms with Crippen LogP contribution in [0, 0.1) is 18.8 Å². The summed E-state index contributed by atoms with van der Waals surface area (Å²) in [5.74, 6) is 6.83. The zero-order valence-corrected chi connectivity index (χ0v) is 16.5. The summed E-state index contributed by atoms with van der Waals surface area (Å²) in [4.78, 5) is 9.95. The molecule has 130 valence electrons. The summed E-state index contributed by atoms with van der Waals surface area (Å²) in [6.45, 7) is 6.61. The number of H-pyrrole nitrogens is 1. The van der Waals surface area contributed by atoms with Crippen LogP contribution in [0.2, 0.25) is 0 Å². The Labute approximate surface area is 159 Å². The normalized spacial score (nSPS) is 10.7. The van der Waals surface area contributed by atoms with Crippen molar-refractivity contribution in [1.82, 2.24) is 25.5 Å². The molecule has 0 amide bonds. The molecule has 25 heavy (non-hydrogen) atoms. The molecule has 6 nitrogen and oxygen atoms in total. The Balaban J connectivity index is 1.41. The van der Waals surface area contributed by atoms with Crippen molar-refractivity contribution in [3.05, 3.63) is 32.1 Å². The molecule has 0 bridgehead atoms. The van der Waals surface area contributed by atoms with Gasteiger partial charge in [0.1, 0.15) is 0 Å². The molecule has 0 aliphatic rings. The van der Waals surface area contributed by atoms with Crippen LogP contribution in [0.3, 0.4) is 0 Å². The van der Waals surface area contributed by atoms with E-state index in [4.69, 9.17) is 0 Å². The second kappa shape index (κ2) is 8.43. The molecule has 3 rings (SSSR count). The fourth-order valence-electron chi connectivity index (χ4n) is 2.37. The van der Waals surface area contributed by atoms with E-state index in [1.54, 1.807) is 17.5 Å². The van der Waals surface area contributed by atoms with E-state index in [-0.39, 0.29) is 0 Å². The molecule has 0 aliphatic carbocycles. The minimum Gasteiger partial charge on any atom is -0.356 e. The number of hydrogen-bond donors (Lipinski definition) is 3. The molecule has 8 heteroatoms. The number of nitrogens with zero attached hydrogens (tertiary/aromatic N) is 3. The Morgan fingerprint density at radius 1 is 1.36 bits per heavy atom. The number of halogens is 1. The van der Waals surface area contributed by atoms with Gasteiger partial charge in [-0.3, -0.25) is 0 Å². The molecule has 0 saturated heterocycles. The standard InChI is InChI=1S/C17H19BrN6S/c1-3-5-13-15(18)11(2)14(25-13)10-19-7-4-8-20-17-22-12-6-9-21-24-16(12)23-17/h6,9,19H,4,7-8,10H2,1-2H3,(H2,20,22,23,24). The third kappa shape index (κ3) is 4.37. The smallest absolute Gasteiger partial charge is 0.202 e. The summed E-state index contributed by atoms with van der Waals surface area (Å²) < 4.78 is 1.12. The topological polar surface area (TPSA) is 78.5 Å². The van der Waals surface area contributed by atoms with Gasteiger partial charge in [-0.25, -0.2) is 0 Å². The van der Waals surface area contributed by atoms with Gasteiger partial charge in [-0.15, -0.1) is 22.4 Å². The molecule has 3 aromatic rings. The van der Waals surface area contributed by atoms with Crippen LogP contribution in [0.4, 0.5) is 5.95 Å². The number of nitrogens with one attached hydrogen (secondary N) is 3. The quantitative estimate of drug-likeness (QED) is 0.404. The van der Waals surface area contributed by atoms with Crippen molar-refractivity contribution >= 4 is 44.4 Å². The monoisotopic (exact) mass is 418 g/mol. The number of hydrogen-bond acceptors (Lipinski definition) is 6. The highest BCUT2D eigenvalue weighted by atomic mass is 79.9. The van der Waals surface area contributed by atoms with Gasteiger partial charge in [-0.1, -0.05) is 5.92 Å². The third-order valence-electron chi connectivity index (χ3n) is 3.69. The van der Waals surface area contributed by atoms with E-state index >= 15 is 0 Å². The summed E-state index contributed by atoms with van der Waals surface area (Å²) in [5, 5.41) is 14.6. The number of aromatic amines is 1. The molecule has 0 aromatic carbocycles. The van der Waals surface area contributed by atoms with Crippen LogP contribution in [0.5, 0.6) is 0 Å². The molecule has 0 radical (unpaired) electrons. The lowest BCUT2D eigenvalue weighted by Gasteiger charge is -2.05. The van der Waals surface area contributed by atoms with Gasteiger partial charge in [0, 0.05) is 22.4 Å². The van der Waals surface area contributed by atoms with Gasteiger partial charge in [0.2, 0.25) is 11.6 Å². The van der Waals surface area contributed by atoms with Crippen molar-refractivity contribution in [1.29, 1.82) is 0 Å². The Bertz CT molecular complexity index is 887. The van der Waals surface area contributed by atoms with Crippen LogP contribution in [0.1, 0.15) is 28.7 Å². The minimum absolute atomic E-state index is 0.632. The minimum atomic E-state index is 0.632. The van der Waals surface area contributed by atoms with Gasteiger partial charge in [-0.2, -0.15) is 10.1 Å². The summed E-state index contributed by atoms with van der Waals surface area (Å²) in [7, 11) is 0. The Hall–Kier alpha value is -1.95. The zero-order valence-electron chi connectivity index (χ0n) is 14.1. The van der Waals surface area contributed by atoms with Crippen LogP contribution < -0.4 is 10.6 Å². The molecule has 0 unspecified atom stereocenters. The van der Waals surface area contributed by atoms with Crippen molar-refractivity contribution in [2.45, 2.75) is 26.8 Å². The molecule has 0 aliphatic heterocycles. The predicted molar refractivity (Wildman–Crippen MR) is 106 cm³/mol. The van der Waals surface area contributed by atoms with Crippen LogP contribution >= 0.6 is 27.3 Å². The fraction of sp³-hybridized carbons (Fsp3) is 0.353. The van der Waals surface area contributed by atoms with Gasteiger partial charge >= 0.3 is 0 Å². The Morgan fingerprint density at radius 2 is 2.24 bits per heavy atom. The first kappa shape index (κ1) is 17.9. The maximum absolute atomic E-state index is 4.34. The van der Waals surface area contributed by atoms with E-state index < -0.39 is 0 Å². The number of thiophene rings is 1. The maximum atomic E-state index is 4.34. The first-order chi connectivity index (χ1) is 12.2. The molecule has 0 fully saturated rings. The van der Waals surface area contributed by atoms with Crippen molar-refractivity contribution in [2.75, 3.05) is 18.4 Å². The number of rotatable bonds is 7. The summed E-state index contributed by atoms with van der Waals surface area (Å²) in [6.07, 6.45) is 2.65. The Kier molecular flexibility index (Phi) is 6.02. The van der Waals surface area contributed by atoms with Crippen LogP contribution in [-0.4, -0.2) is 33.3 Å². The molecule has 0 saturated carbocycles. The number of fused-ring (bicyclic) bond motifs is 1. The van der Waals surface area contributed by atoms with Gasteiger partial charge in [-0.05, 0) is 54.4 Å². The van der Waals surface area contributed by atoms with Crippen molar-refractivity contribution in [3.63, 3.8) is 0 Å². The second-order valence-electron chi connectivity index (χ2n) is 5.48. The van der Waals surface area contributed by atoms with E-state index in [0.717, 1.165) is 46.9 Å².